The molecule has 1 amide bonds. The molecule has 1 aliphatic heterocycles. The van der Waals surface area contributed by atoms with Crippen molar-refractivity contribution in [3.63, 3.8) is 0 Å². The summed E-state index contributed by atoms with van der Waals surface area (Å²) in [5, 5.41) is 2.76. The molecule has 0 aliphatic carbocycles. The summed E-state index contributed by atoms with van der Waals surface area (Å²) in [6.45, 7) is 1.42. The number of likely N-dealkylation sites (tertiary alicyclic amines) is 1. The lowest BCUT2D eigenvalue weighted by Gasteiger charge is -2.35. The fourth-order valence-corrected chi connectivity index (χ4v) is 3.45. The Morgan fingerprint density at radius 3 is 2.71 bits per heavy atom. The molecule has 0 bridgehead atoms. The number of methoxy groups -OCH3 is 1. The van der Waals surface area contributed by atoms with Gasteiger partial charge in [0.05, 0.1) is 0 Å². The maximum absolute atomic E-state index is 13.4. The van der Waals surface area contributed by atoms with Gasteiger partial charge in [-0.25, -0.2) is 4.79 Å². The van der Waals surface area contributed by atoms with Gasteiger partial charge in [0.1, 0.15) is 0 Å². The Bertz CT molecular complexity index is 613. The molecule has 2 atom stereocenters. The number of halogens is 4. The number of nitrogens with zero attached hydrogens (tertiary/aromatic N) is 1. The van der Waals surface area contributed by atoms with Crippen molar-refractivity contribution < 1.29 is 27.4 Å². The first kappa shape index (κ1) is 22.8. The molecule has 5 nitrogen and oxygen atoms in total. The summed E-state index contributed by atoms with van der Waals surface area (Å²) in [5.41, 5.74) is 0.312. The molecule has 1 N–H and O–H groups in total. The van der Waals surface area contributed by atoms with Crippen molar-refractivity contribution in [2.45, 2.75) is 38.0 Å². The predicted molar refractivity (Wildman–Crippen MR) is 102 cm³/mol. The van der Waals surface area contributed by atoms with Crippen LogP contribution in [-0.2, 0) is 9.47 Å². The van der Waals surface area contributed by atoms with E-state index in [0.29, 0.717) is 36.3 Å². The number of hydrogen-bond donors (Lipinski definition) is 1. The minimum absolute atomic E-state index is 0.312. The third-order valence-electron chi connectivity index (χ3n) is 4.69. The van der Waals surface area contributed by atoms with Gasteiger partial charge >= 0.3 is 12.3 Å². The zero-order valence-corrected chi connectivity index (χ0v) is 16.6. The lowest BCUT2D eigenvalue weighted by molar-refractivity contribution is -0.207. The second-order valence-corrected chi connectivity index (χ2v) is 7.41. The Labute approximate surface area is 168 Å². The van der Waals surface area contributed by atoms with Crippen LogP contribution in [0.25, 0.3) is 0 Å². The van der Waals surface area contributed by atoms with Crippen LogP contribution in [0.4, 0.5) is 23.7 Å². The van der Waals surface area contributed by atoms with Gasteiger partial charge in [-0.15, -0.1) is 0 Å². The summed E-state index contributed by atoms with van der Waals surface area (Å²) in [6.07, 6.45) is -4.33. The predicted octanol–water partition coefficient (Wildman–Crippen LogP) is 4.96. The minimum atomic E-state index is -4.64. The molecule has 158 valence electrons. The molecule has 1 heterocycles. The molecule has 28 heavy (non-hydrogen) atoms. The fourth-order valence-electron chi connectivity index (χ4n) is 3.32. The van der Waals surface area contributed by atoms with Gasteiger partial charge in [-0.3, -0.25) is 10.2 Å². The van der Waals surface area contributed by atoms with E-state index in [9.17, 15) is 18.0 Å². The number of benzene rings is 1. The SMILES string of the molecule is COCCCC1CCCN(CC(OC(=O)Nc2ccc(Cl)cc2)C(F)(F)F)C1. The number of carbonyl (C=O) groups is 1. The van der Waals surface area contributed by atoms with Crippen LogP contribution in [0.3, 0.4) is 0 Å². The minimum Gasteiger partial charge on any atom is -0.435 e. The molecule has 1 saturated heterocycles. The standard InChI is InChI=1S/C19H26ClF3N2O3/c1-27-11-3-5-14-4-2-10-25(12-14)13-17(19(21,22)23)28-18(26)24-16-8-6-15(20)7-9-16/h6-9,14,17H,2-5,10-13H2,1H3,(H,24,26). The van der Waals surface area contributed by atoms with E-state index in [1.165, 1.54) is 24.3 Å². The van der Waals surface area contributed by atoms with Gasteiger partial charge in [-0.1, -0.05) is 11.6 Å². The Morgan fingerprint density at radius 2 is 2.07 bits per heavy atom. The quantitative estimate of drug-likeness (QED) is 0.602. The third-order valence-corrected chi connectivity index (χ3v) is 4.94. The highest BCUT2D eigenvalue weighted by molar-refractivity contribution is 6.30. The molecule has 9 heteroatoms. The number of carbonyl (C=O) groups excluding carboxylic acids is 1. The topological polar surface area (TPSA) is 50.8 Å². The van der Waals surface area contributed by atoms with E-state index >= 15 is 0 Å². The molecule has 1 aromatic carbocycles. The summed E-state index contributed by atoms with van der Waals surface area (Å²) >= 11 is 5.75. The van der Waals surface area contributed by atoms with Crippen LogP contribution in [0.1, 0.15) is 25.7 Å². The molecule has 0 spiro atoms. The largest absolute Gasteiger partial charge is 0.435 e. The molecule has 1 aromatic rings. The van der Waals surface area contributed by atoms with Crippen molar-refractivity contribution in [2.24, 2.45) is 5.92 Å². The molecule has 2 unspecified atom stereocenters. The first-order valence-electron chi connectivity index (χ1n) is 9.29. The number of anilines is 1. The monoisotopic (exact) mass is 422 g/mol. The maximum Gasteiger partial charge on any atom is 0.426 e. The summed E-state index contributed by atoms with van der Waals surface area (Å²) in [6, 6.07) is 6.02. The van der Waals surface area contributed by atoms with Crippen LogP contribution in [0.15, 0.2) is 24.3 Å². The van der Waals surface area contributed by atoms with Crippen molar-refractivity contribution in [3.05, 3.63) is 29.3 Å². The van der Waals surface area contributed by atoms with Crippen molar-refractivity contribution >= 4 is 23.4 Å². The van der Waals surface area contributed by atoms with Crippen molar-refractivity contribution in [3.8, 4) is 0 Å². The number of rotatable bonds is 8. The summed E-state index contributed by atoms with van der Waals surface area (Å²) in [4.78, 5) is 13.7. The van der Waals surface area contributed by atoms with E-state index in [0.717, 1.165) is 25.7 Å². The van der Waals surface area contributed by atoms with Crippen LogP contribution in [0.2, 0.25) is 5.02 Å². The number of hydrogen-bond acceptors (Lipinski definition) is 4. The second-order valence-electron chi connectivity index (χ2n) is 6.97. The Hall–Kier alpha value is -1.51. The number of nitrogens with one attached hydrogen (secondary N) is 1. The zero-order valence-electron chi connectivity index (χ0n) is 15.8. The van der Waals surface area contributed by atoms with E-state index in [1.807, 2.05) is 0 Å². The lowest BCUT2D eigenvalue weighted by Crippen LogP contribution is -2.47. The van der Waals surface area contributed by atoms with Crippen LogP contribution in [0.5, 0.6) is 0 Å². The van der Waals surface area contributed by atoms with Gasteiger partial charge in [0.2, 0.25) is 6.10 Å². The molecular weight excluding hydrogens is 397 g/mol. The Balaban J connectivity index is 1.90. The highest BCUT2D eigenvalue weighted by Crippen LogP contribution is 2.27. The average Bonchev–Trinajstić information content (AvgIpc) is 2.63. The van der Waals surface area contributed by atoms with Crippen LogP contribution in [0, 0.1) is 5.92 Å². The van der Waals surface area contributed by atoms with Crippen molar-refractivity contribution in [1.82, 2.24) is 4.90 Å². The Kier molecular flexibility index (Phi) is 8.85. The van der Waals surface area contributed by atoms with E-state index in [4.69, 9.17) is 21.1 Å². The number of amides is 1. The van der Waals surface area contributed by atoms with Gasteiger partial charge in [0, 0.05) is 37.5 Å². The molecule has 1 aliphatic rings. The maximum atomic E-state index is 13.4. The lowest BCUT2D eigenvalue weighted by atomic mass is 9.93. The Morgan fingerprint density at radius 1 is 1.36 bits per heavy atom. The first-order valence-corrected chi connectivity index (χ1v) is 9.67. The van der Waals surface area contributed by atoms with Gasteiger partial charge in [0.15, 0.2) is 0 Å². The van der Waals surface area contributed by atoms with Crippen LogP contribution >= 0.6 is 11.6 Å². The van der Waals surface area contributed by atoms with Crippen LogP contribution < -0.4 is 5.32 Å². The molecule has 0 radical (unpaired) electrons. The zero-order chi connectivity index (χ0) is 20.6. The van der Waals surface area contributed by atoms with Crippen molar-refractivity contribution in [1.29, 1.82) is 0 Å². The summed E-state index contributed by atoms with van der Waals surface area (Å²) in [5.74, 6) is 0.334. The molecule has 1 fully saturated rings. The number of piperidine rings is 1. The van der Waals surface area contributed by atoms with E-state index < -0.39 is 18.4 Å². The number of alkyl halides is 3. The van der Waals surface area contributed by atoms with Gasteiger partial charge in [-0.05, 0) is 62.4 Å². The number of ether oxygens (including phenoxy) is 2. The van der Waals surface area contributed by atoms with E-state index in [2.05, 4.69) is 5.32 Å². The summed E-state index contributed by atoms with van der Waals surface area (Å²) in [7, 11) is 1.63. The normalized spacial score (nSPS) is 19.2. The molecular formula is C19H26ClF3N2O3. The fraction of sp³-hybridized carbons (Fsp3) is 0.632. The van der Waals surface area contributed by atoms with E-state index in [-0.39, 0.29) is 6.54 Å². The summed E-state index contributed by atoms with van der Waals surface area (Å²) < 4.78 is 50.0. The highest BCUT2D eigenvalue weighted by Gasteiger charge is 2.44. The highest BCUT2D eigenvalue weighted by atomic mass is 35.5. The molecule has 0 aromatic heterocycles. The third kappa shape index (κ3) is 7.85. The van der Waals surface area contributed by atoms with Gasteiger partial charge < -0.3 is 9.47 Å². The van der Waals surface area contributed by atoms with Gasteiger partial charge in [0.25, 0.3) is 0 Å². The second kappa shape index (κ2) is 10.9. The molecule has 0 saturated carbocycles. The molecule has 2 rings (SSSR count). The smallest absolute Gasteiger partial charge is 0.426 e. The van der Waals surface area contributed by atoms with Gasteiger partial charge in [-0.2, -0.15) is 13.2 Å². The first-order chi connectivity index (χ1) is 13.3. The van der Waals surface area contributed by atoms with E-state index in [1.54, 1.807) is 12.0 Å². The van der Waals surface area contributed by atoms with Crippen LogP contribution in [-0.4, -0.2) is 56.6 Å². The van der Waals surface area contributed by atoms with Crippen molar-refractivity contribution in [2.75, 3.05) is 38.7 Å². The average molecular weight is 423 g/mol.